The molecular formula is C27H22Br2O2. The number of halogens is 2. The molecule has 0 aliphatic rings. The van der Waals surface area contributed by atoms with Gasteiger partial charge in [-0.1, -0.05) is 94.2 Å². The van der Waals surface area contributed by atoms with Crippen LogP contribution in [-0.4, -0.2) is 10.2 Å². The van der Waals surface area contributed by atoms with Crippen molar-refractivity contribution in [3.63, 3.8) is 0 Å². The number of phenols is 2. The smallest absolute Gasteiger partial charge is 0.115 e. The lowest BCUT2D eigenvalue weighted by Gasteiger charge is -2.32. The fraction of sp³-hybridized carbons (Fsp3) is 0.111. The van der Waals surface area contributed by atoms with Crippen LogP contribution < -0.4 is 0 Å². The Morgan fingerprint density at radius 2 is 0.903 bits per heavy atom. The first-order valence-electron chi connectivity index (χ1n) is 9.96. The molecule has 0 aromatic heterocycles. The van der Waals surface area contributed by atoms with Crippen LogP contribution in [0.5, 0.6) is 11.5 Å². The summed E-state index contributed by atoms with van der Waals surface area (Å²) in [6.45, 7) is 4.45. The van der Waals surface area contributed by atoms with Gasteiger partial charge in [-0.25, -0.2) is 0 Å². The van der Waals surface area contributed by atoms with E-state index in [4.69, 9.17) is 0 Å². The van der Waals surface area contributed by atoms with Gasteiger partial charge in [-0.3, -0.25) is 0 Å². The van der Waals surface area contributed by atoms with Crippen molar-refractivity contribution in [2.45, 2.75) is 19.3 Å². The molecule has 0 unspecified atom stereocenters. The number of benzene rings is 4. The van der Waals surface area contributed by atoms with E-state index in [0.717, 1.165) is 31.2 Å². The van der Waals surface area contributed by atoms with Crippen molar-refractivity contribution in [2.24, 2.45) is 0 Å². The maximum atomic E-state index is 9.76. The summed E-state index contributed by atoms with van der Waals surface area (Å²) in [4.78, 5) is 0. The van der Waals surface area contributed by atoms with E-state index in [9.17, 15) is 10.2 Å². The van der Waals surface area contributed by atoms with Gasteiger partial charge in [-0.2, -0.15) is 0 Å². The van der Waals surface area contributed by atoms with Crippen LogP contribution in [0, 0.1) is 0 Å². The average molecular weight is 538 g/mol. The van der Waals surface area contributed by atoms with Crippen LogP contribution in [-0.2, 0) is 5.41 Å². The highest BCUT2D eigenvalue weighted by Gasteiger charge is 2.30. The SMILES string of the molecule is CC(C)(c1cccc(Br)c1-c1ccc(O)cc1)c1cccc(Br)c1-c1ccc(O)cc1. The zero-order valence-electron chi connectivity index (χ0n) is 17.2. The number of aromatic hydroxyl groups is 2. The molecule has 0 atom stereocenters. The van der Waals surface area contributed by atoms with Gasteiger partial charge >= 0.3 is 0 Å². The number of hydrogen-bond donors (Lipinski definition) is 2. The Balaban J connectivity index is 1.95. The van der Waals surface area contributed by atoms with Crippen LogP contribution in [0.3, 0.4) is 0 Å². The lowest BCUT2D eigenvalue weighted by atomic mass is 9.72. The predicted octanol–water partition coefficient (Wildman–Crippen LogP) is 8.28. The summed E-state index contributed by atoms with van der Waals surface area (Å²) < 4.78 is 2.01. The van der Waals surface area contributed by atoms with Gasteiger partial charge < -0.3 is 10.2 Å². The minimum Gasteiger partial charge on any atom is -0.508 e. The van der Waals surface area contributed by atoms with Gasteiger partial charge in [0.15, 0.2) is 0 Å². The third kappa shape index (κ3) is 4.15. The first-order chi connectivity index (χ1) is 14.8. The molecule has 0 bridgehead atoms. The fourth-order valence-electron chi connectivity index (χ4n) is 4.08. The van der Waals surface area contributed by atoms with E-state index in [1.807, 2.05) is 36.4 Å². The second kappa shape index (κ2) is 8.52. The Labute approximate surface area is 199 Å². The summed E-state index contributed by atoms with van der Waals surface area (Å²) in [5.74, 6) is 0.497. The van der Waals surface area contributed by atoms with Gasteiger partial charge in [0.2, 0.25) is 0 Å². The normalized spacial score (nSPS) is 11.5. The summed E-state index contributed by atoms with van der Waals surface area (Å²) in [6.07, 6.45) is 0. The van der Waals surface area contributed by atoms with Crippen molar-refractivity contribution in [3.8, 4) is 33.8 Å². The first-order valence-corrected chi connectivity index (χ1v) is 11.5. The maximum Gasteiger partial charge on any atom is 0.115 e. The van der Waals surface area contributed by atoms with Crippen LogP contribution in [0.25, 0.3) is 22.3 Å². The van der Waals surface area contributed by atoms with Crippen molar-refractivity contribution in [2.75, 3.05) is 0 Å². The Hall–Kier alpha value is -2.56. The van der Waals surface area contributed by atoms with Gasteiger partial charge in [-0.15, -0.1) is 0 Å². The second-order valence-corrected chi connectivity index (χ2v) is 9.75. The molecule has 2 N–H and O–H groups in total. The number of hydrogen-bond acceptors (Lipinski definition) is 2. The Kier molecular flexibility index (Phi) is 5.96. The summed E-state index contributed by atoms with van der Waals surface area (Å²) in [6, 6.07) is 27.2. The third-order valence-corrected chi connectivity index (χ3v) is 7.01. The van der Waals surface area contributed by atoms with Crippen molar-refractivity contribution in [1.29, 1.82) is 0 Å². The van der Waals surface area contributed by atoms with E-state index in [1.54, 1.807) is 24.3 Å². The molecule has 0 amide bonds. The van der Waals surface area contributed by atoms with Crippen molar-refractivity contribution < 1.29 is 10.2 Å². The summed E-state index contributed by atoms with van der Waals surface area (Å²) in [5.41, 5.74) is 6.28. The molecule has 0 radical (unpaired) electrons. The molecule has 4 heteroatoms. The Morgan fingerprint density at radius 3 is 1.26 bits per heavy atom. The summed E-state index contributed by atoms with van der Waals surface area (Å²) >= 11 is 7.51. The van der Waals surface area contributed by atoms with E-state index in [1.165, 1.54) is 11.1 Å². The van der Waals surface area contributed by atoms with Gasteiger partial charge in [0.25, 0.3) is 0 Å². The van der Waals surface area contributed by atoms with E-state index in [-0.39, 0.29) is 16.9 Å². The van der Waals surface area contributed by atoms with E-state index >= 15 is 0 Å². The molecular weight excluding hydrogens is 516 g/mol. The molecule has 31 heavy (non-hydrogen) atoms. The van der Waals surface area contributed by atoms with Gasteiger partial charge in [0.05, 0.1) is 0 Å². The van der Waals surface area contributed by atoms with Crippen LogP contribution in [0.15, 0.2) is 93.9 Å². The van der Waals surface area contributed by atoms with Crippen LogP contribution in [0.1, 0.15) is 25.0 Å². The monoisotopic (exact) mass is 536 g/mol. The third-order valence-electron chi connectivity index (χ3n) is 5.69. The minimum atomic E-state index is -0.339. The zero-order valence-corrected chi connectivity index (χ0v) is 20.4. The molecule has 4 aromatic rings. The van der Waals surface area contributed by atoms with Gasteiger partial charge in [0, 0.05) is 14.4 Å². The summed E-state index contributed by atoms with van der Waals surface area (Å²) in [7, 11) is 0. The zero-order chi connectivity index (χ0) is 22.2. The van der Waals surface area contributed by atoms with Crippen LogP contribution in [0.4, 0.5) is 0 Å². The molecule has 0 fully saturated rings. The average Bonchev–Trinajstić information content (AvgIpc) is 2.75. The second-order valence-electron chi connectivity index (χ2n) is 8.04. The van der Waals surface area contributed by atoms with Crippen molar-refractivity contribution in [3.05, 3.63) is 105 Å². The molecule has 156 valence electrons. The molecule has 0 aliphatic heterocycles. The predicted molar refractivity (Wildman–Crippen MR) is 135 cm³/mol. The van der Waals surface area contributed by atoms with E-state index in [2.05, 4.69) is 70.0 Å². The molecule has 4 rings (SSSR count). The highest BCUT2D eigenvalue weighted by atomic mass is 79.9. The topological polar surface area (TPSA) is 40.5 Å². The lowest BCUT2D eigenvalue weighted by molar-refractivity contribution is 0.475. The first kappa shape index (κ1) is 21.7. The largest absolute Gasteiger partial charge is 0.508 e. The van der Waals surface area contributed by atoms with E-state index < -0.39 is 0 Å². The molecule has 4 aromatic carbocycles. The molecule has 0 spiro atoms. The quantitative estimate of drug-likeness (QED) is 0.275. The van der Waals surface area contributed by atoms with Crippen molar-refractivity contribution >= 4 is 31.9 Å². The number of phenolic OH excluding ortho intramolecular Hbond substituents is 2. The lowest BCUT2D eigenvalue weighted by Crippen LogP contribution is -2.21. The number of rotatable bonds is 4. The Morgan fingerprint density at radius 1 is 0.548 bits per heavy atom. The fourth-order valence-corrected chi connectivity index (χ4v) is 5.27. The van der Waals surface area contributed by atoms with Crippen molar-refractivity contribution in [1.82, 2.24) is 0 Å². The highest BCUT2D eigenvalue weighted by Crippen LogP contribution is 2.46. The highest BCUT2D eigenvalue weighted by molar-refractivity contribution is 9.11. The Bertz CT molecular complexity index is 1130. The molecule has 0 saturated carbocycles. The van der Waals surface area contributed by atoms with Crippen LogP contribution in [0.2, 0.25) is 0 Å². The van der Waals surface area contributed by atoms with Gasteiger partial charge in [0.1, 0.15) is 11.5 Å². The minimum absolute atomic E-state index is 0.248. The molecule has 0 saturated heterocycles. The van der Waals surface area contributed by atoms with Gasteiger partial charge in [-0.05, 0) is 69.8 Å². The van der Waals surface area contributed by atoms with Crippen LogP contribution >= 0.6 is 31.9 Å². The molecule has 2 nitrogen and oxygen atoms in total. The standard InChI is InChI=1S/C27H22Br2O2/c1-27(2,21-5-3-7-23(28)25(21)17-9-13-19(30)14-10-17)22-6-4-8-24(29)26(22)18-11-15-20(31)16-12-18/h3-16,30-31H,1-2H3. The van der Waals surface area contributed by atoms with E-state index in [0.29, 0.717) is 0 Å². The molecule has 0 aliphatic carbocycles. The molecule has 0 heterocycles. The summed E-state index contributed by atoms with van der Waals surface area (Å²) in [5, 5.41) is 19.5. The maximum absolute atomic E-state index is 9.76.